The second-order valence-electron chi connectivity index (χ2n) is 3.23. The molecule has 0 aliphatic heterocycles. The van der Waals surface area contributed by atoms with Crippen molar-refractivity contribution in [3.8, 4) is 0 Å². The van der Waals surface area contributed by atoms with Crippen molar-refractivity contribution >= 4 is 40.7 Å². The van der Waals surface area contributed by atoms with E-state index >= 15 is 0 Å². The highest BCUT2D eigenvalue weighted by Crippen LogP contribution is 2.23. The van der Waals surface area contributed by atoms with Crippen molar-refractivity contribution in [1.29, 1.82) is 0 Å². The molecule has 0 bridgehead atoms. The van der Waals surface area contributed by atoms with E-state index in [1.54, 1.807) is 30.6 Å². The molecule has 0 saturated carbocycles. The van der Waals surface area contributed by atoms with E-state index in [1.807, 2.05) is 0 Å². The molecular weight excluding hydrogens is 279 g/mol. The number of halogens is 2. The van der Waals surface area contributed by atoms with Gasteiger partial charge in [0, 0.05) is 23.0 Å². The quantitative estimate of drug-likeness (QED) is 0.689. The molecule has 0 unspecified atom stereocenters. The average Bonchev–Trinajstić information content (AvgIpc) is 2.82. The van der Waals surface area contributed by atoms with Crippen LogP contribution in [0.4, 0.5) is 0 Å². The number of Topliss-reactive ketones (excluding diaryl/α,β-unsaturated/α-hetero) is 1. The van der Waals surface area contributed by atoms with Crippen LogP contribution in [-0.2, 0) is 0 Å². The van der Waals surface area contributed by atoms with Crippen molar-refractivity contribution in [2.45, 2.75) is 5.16 Å². The lowest BCUT2D eigenvalue weighted by molar-refractivity contribution is 0.102. The van der Waals surface area contributed by atoms with Crippen molar-refractivity contribution in [2.75, 3.05) is 5.75 Å². The molecule has 0 aliphatic carbocycles. The van der Waals surface area contributed by atoms with E-state index in [1.165, 1.54) is 11.8 Å². The second kappa shape index (κ2) is 5.58. The van der Waals surface area contributed by atoms with Gasteiger partial charge in [-0.3, -0.25) is 4.79 Å². The number of aromatic nitrogens is 2. The Hall–Kier alpha value is -0.970. The fourth-order valence-electron chi connectivity index (χ4n) is 1.25. The Bertz CT molecular complexity index is 528. The van der Waals surface area contributed by atoms with Gasteiger partial charge in [0.1, 0.15) is 0 Å². The number of aromatic amines is 1. The first kappa shape index (κ1) is 12.5. The van der Waals surface area contributed by atoms with E-state index in [-0.39, 0.29) is 11.5 Å². The Morgan fingerprint density at radius 1 is 1.41 bits per heavy atom. The zero-order chi connectivity index (χ0) is 12.3. The molecule has 1 heterocycles. The predicted octanol–water partition coefficient (Wildman–Crippen LogP) is 3.69. The van der Waals surface area contributed by atoms with Gasteiger partial charge in [0.15, 0.2) is 10.9 Å². The summed E-state index contributed by atoms with van der Waals surface area (Å²) in [7, 11) is 0. The van der Waals surface area contributed by atoms with Crippen LogP contribution in [0.2, 0.25) is 10.0 Å². The fourth-order valence-corrected chi connectivity index (χ4v) is 2.36. The zero-order valence-electron chi connectivity index (χ0n) is 8.61. The molecule has 0 atom stereocenters. The second-order valence-corrected chi connectivity index (χ2v) is 5.04. The van der Waals surface area contributed by atoms with Gasteiger partial charge in [-0.2, -0.15) is 0 Å². The molecule has 1 aromatic carbocycles. The number of ketones is 1. The number of carbonyl (C=O) groups excluding carboxylic acids is 1. The largest absolute Gasteiger partial charge is 0.340 e. The monoisotopic (exact) mass is 286 g/mol. The number of hydrogen-bond acceptors (Lipinski definition) is 3. The average molecular weight is 287 g/mol. The maximum atomic E-state index is 11.9. The number of nitrogens with zero attached hydrogens (tertiary/aromatic N) is 1. The predicted molar refractivity (Wildman–Crippen MR) is 70.1 cm³/mol. The number of nitrogens with one attached hydrogen (secondary N) is 1. The van der Waals surface area contributed by atoms with Gasteiger partial charge in [-0.25, -0.2) is 4.98 Å². The number of H-pyrrole nitrogens is 1. The summed E-state index contributed by atoms with van der Waals surface area (Å²) in [6, 6.07) is 4.85. The topological polar surface area (TPSA) is 45.8 Å². The van der Waals surface area contributed by atoms with Gasteiger partial charge in [-0.1, -0.05) is 35.0 Å². The smallest absolute Gasteiger partial charge is 0.174 e. The first-order chi connectivity index (χ1) is 8.16. The fraction of sp³-hybridized carbons (Fsp3) is 0.0909. The summed E-state index contributed by atoms with van der Waals surface area (Å²) in [5.41, 5.74) is 0.443. The van der Waals surface area contributed by atoms with Crippen LogP contribution >= 0.6 is 35.0 Å². The van der Waals surface area contributed by atoms with E-state index in [0.717, 1.165) is 0 Å². The summed E-state index contributed by atoms with van der Waals surface area (Å²) in [5, 5.41) is 1.62. The standard InChI is InChI=1S/C11H8Cl2N2OS/c12-7-1-2-9(13)8(5-7)10(16)6-17-11-14-3-4-15-11/h1-5H,6H2,(H,14,15). The van der Waals surface area contributed by atoms with E-state index in [2.05, 4.69) is 9.97 Å². The lowest BCUT2D eigenvalue weighted by Gasteiger charge is -2.03. The van der Waals surface area contributed by atoms with Crippen LogP contribution in [0.25, 0.3) is 0 Å². The normalized spacial score (nSPS) is 10.5. The molecule has 1 N–H and O–H groups in total. The Morgan fingerprint density at radius 3 is 2.94 bits per heavy atom. The Labute approximate surface area is 113 Å². The lowest BCUT2D eigenvalue weighted by Crippen LogP contribution is -2.03. The van der Waals surface area contributed by atoms with E-state index < -0.39 is 0 Å². The molecular formula is C11H8Cl2N2OS. The van der Waals surface area contributed by atoms with Crippen LogP contribution in [-0.4, -0.2) is 21.5 Å². The molecule has 3 nitrogen and oxygen atoms in total. The summed E-state index contributed by atoms with van der Waals surface area (Å²) in [4.78, 5) is 18.8. The first-order valence-electron chi connectivity index (χ1n) is 4.77. The minimum atomic E-state index is -0.0705. The third kappa shape index (κ3) is 3.25. The minimum absolute atomic E-state index is 0.0705. The highest BCUT2D eigenvalue weighted by molar-refractivity contribution is 7.99. The first-order valence-corrected chi connectivity index (χ1v) is 6.51. The number of thioether (sulfide) groups is 1. The molecule has 0 spiro atoms. The summed E-state index contributed by atoms with van der Waals surface area (Å²) in [6.07, 6.45) is 3.35. The number of rotatable bonds is 4. The van der Waals surface area contributed by atoms with E-state index in [4.69, 9.17) is 23.2 Å². The summed E-state index contributed by atoms with van der Waals surface area (Å²) >= 11 is 13.1. The third-order valence-corrected chi connectivity index (χ3v) is 3.51. The van der Waals surface area contributed by atoms with Gasteiger partial charge in [0.25, 0.3) is 0 Å². The zero-order valence-corrected chi connectivity index (χ0v) is 10.9. The molecule has 0 amide bonds. The Morgan fingerprint density at radius 2 is 2.24 bits per heavy atom. The molecule has 0 radical (unpaired) electrons. The molecule has 2 aromatic rings. The van der Waals surface area contributed by atoms with Crippen LogP contribution in [0.5, 0.6) is 0 Å². The van der Waals surface area contributed by atoms with Crippen molar-refractivity contribution in [3.63, 3.8) is 0 Å². The van der Waals surface area contributed by atoms with Crippen molar-refractivity contribution in [1.82, 2.24) is 9.97 Å². The highest BCUT2D eigenvalue weighted by atomic mass is 35.5. The molecule has 0 saturated heterocycles. The van der Waals surface area contributed by atoms with Gasteiger partial charge in [0.05, 0.1) is 10.8 Å². The third-order valence-electron chi connectivity index (χ3n) is 2.04. The number of imidazole rings is 1. The van der Waals surface area contributed by atoms with Gasteiger partial charge in [-0.05, 0) is 18.2 Å². The maximum Gasteiger partial charge on any atom is 0.174 e. The van der Waals surface area contributed by atoms with Crippen LogP contribution in [0.15, 0.2) is 35.7 Å². The van der Waals surface area contributed by atoms with Crippen LogP contribution < -0.4 is 0 Å². The molecule has 6 heteroatoms. The summed E-state index contributed by atoms with van der Waals surface area (Å²) < 4.78 is 0. The van der Waals surface area contributed by atoms with E-state index in [9.17, 15) is 4.79 Å². The number of hydrogen-bond donors (Lipinski definition) is 1. The van der Waals surface area contributed by atoms with E-state index in [0.29, 0.717) is 20.8 Å². The Balaban J connectivity index is 2.07. The maximum absolute atomic E-state index is 11.9. The van der Waals surface area contributed by atoms with Crippen molar-refractivity contribution in [2.24, 2.45) is 0 Å². The van der Waals surface area contributed by atoms with Gasteiger partial charge in [0.2, 0.25) is 0 Å². The SMILES string of the molecule is O=C(CSc1ncc[nH]1)c1cc(Cl)ccc1Cl. The molecule has 0 aliphatic rings. The van der Waals surface area contributed by atoms with Crippen molar-refractivity contribution in [3.05, 3.63) is 46.2 Å². The number of carbonyl (C=O) groups is 1. The van der Waals surface area contributed by atoms with Gasteiger partial charge >= 0.3 is 0 Å². The van der Waals surface area contributed by atoms with Crippen LogP contribution in [0, 0.1) is 0 Å². The molecule has 17 heavy (non-hydrogen) atoms. The van der Waals surface area contributed by atoms with Crippen LogP contribution in [0.3, 0.4) is 0 Å². The molecule has 0 fully saturated rings. The van der Waals surface area contributed by atoms with Crippen molar-refractivity contribution < 1.29 is 4.79 Å². The molecule has 88 valence electrons. The van der Waals surface area contributed by atoms with Crippen LogP contribution in [0.1, 0.15) is 10.4 Å². The number of benzene rings is 1. The van der Waals surface area contributed by atoms with Gasteiger partial charge < -0.3 is 4.98 Å². The minimum Gasteiger partial charge on any atom is -0.340 e. The summed E-state index contributed by atoms with van der Waals surface area (Å²) in [6.45, 7) is 0. The summed E-state index contributed by atoms with van der Waals surface area (Å²) in [5.74, 6) is 0.201. The Kier molecular flexibility index (Phi) is 4.10. The highest BCUT2D eigenvalue weighted by Gasteiger charge is 2.12. The molecule has 2 rings (SSSR count). The van der Waals surface area contributed by atoms with Gasteiger partial charge in [-0.15, -0.1) is 0 Å². The lowest BCUT2D eigenvalue weighted by atomic mass is 10.1. The molecule has 1 aromatic heterocycles.